The van der Waals surface area contributed by atoms with Crippen molar-refractivity contribution >= 4 is 11.3 Å². The van der Waals surface area contributed by atoms with Crippen LogP contribution in [-0.2, 0) is 11.2 Å². The summed E-state index contributed by atoms with van der Waals surface area (Å²) < 4.78 is 10.2. The van der Waals surface area contributed by atoms with Gasteiger partial charge in [-0.2, -0.15) is 4.98 Å². The fourth-order valence-corrected chi connectivity index (χ4v) is 2.45. The Morgan fingerprint density at radius 3 is 3.12 bits per heavy atom. The minimum Gasteiger partial charge on any atom is -0.383 e. The number of thiophene rings is 1. The molecule has 0 bridgehead atoms. The molecule has 2 N–H and O–H groups in total. The lowest BCUT2D eigenvalue weighted by Crippen LogP contribution is -2.17. The second-order valence-corrected chi connectivity index (χ2v) is 4.56. The molecule has 2 aromatic heterocycles. The van der Waals surface area contributed by atoms with Crippen LogP contribution >= 0.6 is 11.3 Å². The maximum absolute atomic E-state index is 5.84. The fourth-order valence-electron chi connectivity index (χ4n) is 1.53. The van der Waals surface area contributed by atoms with Gasteiger partial charge in [0.15, 0.2) is 5.82 Å². The van der Waals surface area contributed by atoms with Crippen molar-refractivity contribution in [3.05, 3.63) is 22.8 Å². The molecule has 2 aromatic rings. The third kappa shape index (κ3) is 2.54. The van der Waals surface area contributed by atoms with Gasteiger partial charge in [-0.25, -0.2) is 0 Å². The molecule has 0 aromatic carbocycles. The van der Waals surface area contributed by atoms with Crippen molar-refractivity contribution in [3.63, 3.8) is 0 Å². The Morgan fingerprint density at radius 2 is 2.41 bits per heavy atom. The summed E-state index contributed by atoms with van der Waals surface area (Å²) in [6.07, 6.45) is 0.945. The minimum absolute atomic E-state index is 0.345. The molecule has 2 rings (SSSR count). The van der Waals surface area contributed by atoms with E-state index >= 15 is 0 Å². The number of hydrogen-bond donors (Lipinski definition) is 1. The van der Waals surface area contributed by atoms with Gasteiger partial charge in [-0.05, 0) is 23.4 Å². The van der Waals surface area contributed by atoms with Crippen molar-refractivity contribution in [1.82, 2.24) is 10.1 Å². The molecule has 5 nitrogen and oxygen atoms in total. The zero-order valence-corrected chi connectivity index (χ0v) is 10.7. The fraction of sp³-hybridized carbons (Fsp3) is 0.455. The number of rotatable bonds is 5. The number of methoxy groups -OCH3 is 1. The molecule has 0 radical (unpaired) electrons. The van der Waals surface area contributed by atoms with Gasteiger partial charge < -0.3 is 15.0 Å². The number of ether oxygens (including phenoxy) is 1. The Labute approximate surface area is 104 Å². The number of nitrogens with zero attached hydrogens (tertiary/aromatic N) is 2. The normalized spacial score (nSPS) is 12.9. The third-order valence-electron chi connectivity index (χ3n) is 2.44. The Bertz CT molecular complexity index is 481. The van der Waals surface area contributed by atoms with E-state index in [0.717, 1.165) is 11.3 Å². The average Bonchev–Trinajstić information content (AvgIpc) is 2.97. The van der Waals surface area contributed by atoms with Crippen LogP contribution in [0.2, 0.25) is 0 Å². The lowest BCUT2D eigenvalue weighted by Gasteiger charge is -2.03. The Kier molecular flexibility index (Phi) is 3.88. The van der Waals surface area contributed by atoms with Crippen molar-refractivity contribution in [2.75, 3.05) is 13.7 Å². The number of hydrogen-bond acceptors (Lipinski definition) is 6. The summed E-state index contributed by atoms with van der Waals surface area (Å²) in [7, 11) is 1.59. The number of aryl methyl sites for hydroxylation is 1. The molecule has 0 amide bonds. The molecule has 0 fully saturated rings. The highest BCUT2D eigenvalue weighted by molar-refractivity contribution is 7.13. The zero-order chi connectivity index (χ0) is 12.3. The van der Waals surface area contributed by atoms with Crippen LogP contribution in [0.25, 0.3) is 10.8 Å². The second-order valence-electron chi connectivity index (χ2n) is 3.65. The molecular weight excluding hydrogens is 238 g/mol. The van der Waals surface area contributed by atoms with E-state index in [1.807, 2.05) is 5.38 Å². The van der Waals surface area contributed by atoms with Gasteiger partial charge in [0.1, 0.15) is 0 Å². The molecule has 17 heavy (non-hydrogen) atoms. The molecule has 2 heterocycles. The predicted octanol–water partition coefficient (Wildman–Crippen LogP) is 2.01. The molecule has 0 aliphatic rings. The van der Waals surface area contributed by atoms with Gasteiger partial charge >= 0.3 is 0 Å². The molecular formula is C11H15N3O2S. The van der Waals surface area contributed by atoms with Crippen molar-refractivity contribution in [2.45, 2.75) is 19.4 Å². The monoisotopic (exact) mass is 253 g/mol. The molecule has 0 spiro atoms. The first-order valence-corrected chi connectivity index (χ1v) is 6.29. The maximum Gasteiger partial charge on any atom is 0.268 e. The summed E-state index contributed by atoms with van der Waals surface area (Å²) in [6, 6.07) is 1.72. The van der Waals surface area contributed by atoms with Crippen LogP contribution in [0, 0.1) is 0 Å². The van der Waals surface area contributed by atoms with Crippen LogP contribution in [0.3, 0.4) is 0 Å². The van der Waals surface area contributed by atoms with E-state index in [2.05, 4.69) is 23.1 Å². The predicted molar refractivity (Wildman–Crippen MR) is 65.8 cm³/mol. The SMILES string of the molecule is CCc1ccsc1-c1nc(C(N)COC)no1. The summed E-state index contributed by atoms with van der Waals surface area (Å²) in [6.45, 7) is 2.48. The van der Waals surface area contributed by atoms with Crippen molar-refractivity contribution < 1.29 is 9.26 Å². The molecule has 0 saturated carbocycles. The van der Waals surface area contributed by atoms with E-state index in [4.69, 9.17) is 15.0 Å². The smallest absolute Gasteiger partial charge is 0.268 e. The van der Waals surface area contributed by atoms with Gasteiger partial charge in [0.05, 0.1) is 17.5 Å². The van der Waals surface area contributed by atoms with Crippen LogP contribution in [0.1, 0.15) is 24.4 Å². The van der Waals surface area contributed by atoms with E-state index in [9.17, 15) is 0 Å². The summed E-state index contributed by atoms with van der Waals surface area (Å²) in [5.74, 6) is 1.02. The highest BCUT2D eigenvalue weighted by Gasteiger charge is 2.17. The van der Waals surface area contributed by atoms with Gasteiger partial charge in [-0.3, -0.25) is 0 Å². The molecule has 6 heteroatoms. The van der Waals surface area contributed by atoms with Crippen molar-refractivity contribution in [2.24, 2.45) is 5.73 Å². The molecule has 0 saturated heterocycles. The first-order chi connectivity index (χ1) is 8.26. The summed E-state index contributed by atoms with van der Waals surface area (Å²) in [5, 5.41) is 5.90. The van der Waals surface area contributed by atoms with Gasteiger partial charge in [-0.15, -0.1) is 11.3 Å². The lowest BCUT2D eigenvalue weighted by atomic mass is 10.2. The molecule has 92 valence electrons. The van der Waals surface area contributed by atoms with E-state index in [-0.39, 0.29) is 6.04 Å². The largest absolute Gasteiger partial charge is 0.383 e. The van der Waals surface area contributed by atoms with E-state index in [0.29, 0.717) is 18.3 Å². The van der Waals surface area contributed by atoms with Crippen LogP contribution in [0.15, 0.2) is 16.0 Å². The van der Waals surface area contributed by atoms with E-state index in [1.165, 1.54) is 5.56 Å². The van der Waals surface area contributed by atoms with Gasteiger partial charge in [0.2, 0.25) is 0 Å². The minimum atomic E-state index is -0.345. The first-order valence-electron chi connectivity index (χ1n) is 5.41. The van der Waals surface area contributed by atoms with Crippen molar-refractivity contribution in [3.8, 4) is 10.8 Å². The Morgan fingerprint density at radius 1 is 1.59 bits per heavy atom. The molecule has 0 aliphatic heterocycles. The number of nitrogens with two attached hydrogens (primary N) is 1. The lowest BCUT2D eigenvalue weighted by molar-refractivity contribution is 0.177. The third-order valence-corrected chi connectivity index (χ3v) is 3.39. The Hall–Kier alpha value is -1.24. The van der Waals surface area contributed by atoms with Gasteiger partial charge in [-0.1, -0.05) is 12.1 Å². The van der Waals surface area contributed by atoms with Crippen LogP contribution in [0.4, 0.5) is 0 Å². The standard InChI is InChI=1S/C11H15N3O2S/c1-3-7-4-5-17-9(7)11-13-10(14-16-11)8(12)6-15-2/h4-5,8H,3,6,12H2,1-2H3. The molecule has 0 aliphatic carbocycles. The number of aromatic nitrogens is 2. The average molecular weight is 253 g/mol. The van der Waals surface area contributed by atoms with Gasteiger partial charge in [0, 0.05) is 7.11 Å². The highest BCUT2D eigenvalue weighted by atomic mass is 32.1. The molecule has 1 unspecified atom stereocenters. The van der Waals surface area contributed by atoms with Crippen LogP contribution < -0.4 is 5.73 Å². The molecule has 1 atom stereocenters. The van der Waals surface area contributed by atoms with E-state index in [1.54, 1.807) is 18.4 Å². The quantitative estimate of drug-likeness (QED) is 0.882. The van der Waals surface area contributed by atoms with Crippen LogP contribution in [-0.4, -0.2) is 23.9 Å². The summed E-state index contributed by atoms with van der Waals surface area (Å²) >= 11 is 1.60. The van der Waals surface area contributed by atoms with Crippen LogP contribution in [0.5, 0.6) is 0 Å². The van der Waals surface area contributed by atoms with E-state index < -0.39 is 0 Å². The zero-order valence-electron chi connectivity index (χ0n) is 9.84. The maximum atomic E-state index is 5.84. The Balaban J connectivity index is 2.23. The summed E-state index contributed by atoms with van der Waals surface area (Å²) in [5.41, 5.74) is 7.05. The first kappa shape index (κ1) is 12.2. The topological polar surface area (TPSA) is 74.2 Å². The highest BCUT2D eigenvalue weighted by Crippen LogP contribution is 2.29. The van der Waals surface area contributed by atoms with Gasteiger partial charge in [0.25, 0.3) is 5.89 Å². The second kappa shape index (κ2) is 5.39. The summed E-state index contributed by atoms with van der Waals surface area (Å²) in [4.78, 5) is 5.33. The van der Waals surface area contributed by atoms with Crippen molar-refractivity contribution in [1.29, 1.82) is 0 Å².